The van der Waals surface area contributed by atoms with Gasteiger partial charge in [0.25, 0.3) is 0 Å². The number of carbonyl (C=O) groups is 2. The van der Waals surface area contributed by atoms with Crippen LogP contribution in [0.1, 0.15) is 41.0 Å². The summed E-state index contributed by atoms with van der Waals surface area (Å²) in [5.74, 6) is 0.975. The predicted octanol–water partition coefficient (Wildman–Crippen LogP) is 2.60. The maximum atomic E-state index is 13.3. The number of nitrogens with zero attached hydrogens (tertiary/aromatic N) is 4. The molecule has 1 aliphatic rings. The van der Waals surface area contributed by atoms with Gasteiger partial charge in [-0.05, 0) is 48.7 Å². The van der Waals surface area contributed by atoms with Crippen molar-refractivity contribution in [2.75, 3.05) is 27.4 Å². The van der Waals surface area contributed by atoms with Crippen molar-refractivity contribution in [2.45, 2.75) is 38.5 Å². The fraction of sp³-hybridized carbons (Fsp3) is 0.385. The highest BCUT2D eigenvalue weighted by atomic mass is 16.5. The molecule has 2 aromatic carbocycles. The summed E-state index contributed by atoms with van der Waals surface area (Å²) in [6, 6.07) is 15.0. The Morgan fingerprint density at radius 2 is 1.72 bits per heavy atom. The van der Waals surface area contributed by atoms with Gasteiger partial charge in [0.2, 0.25) is 5.91 Å². The van der Waals surface area contributed by atoms with Crippen LogP contribution >= 0.6 is 0 Å². The molecule has 1 amide bonds. The van der Waals surface area contributed by atoms with Gasteiger partial charge in [0, 0.05) is 19.6 Å². The van der Waals surface area contributed by atoms with Crippen molar-refractivity contribution >= 4 is 11.9 Å². The Kier molecular flexibility index (Phi) is 8.17. The van der Waals surface area contributed by atoms with Crippen LogP contribution in [0.25, 0.3) is 0 Å². The van der Waals surface area contributed by atoms with Crippen molar-refractivity contribution < 1.29 is 23.8 Å². The van der Waals surface area contributed by atoms with Crippen molar-refractivity contribution in [1.82, 2.24) is 25.2 Å². The van der Waals surface area contributed by atoms with Crippen molar-refractivity contribution in [3.05, 3.63) is 71.5 Å². The first kappa shape index (κ1) is 25.2. The van der Waals surface area contributed by atoms with E-state index in [1.165, 1.54) is 7.11 Å². The molecule has 36 heavy (non-hydrogen) atoms. The van der Waals surface area contributed by atoms with Gasteiger partial charge in [0.1, 0.15) is 11.5 Å². The SMILES string of the molecule is CCOc1ccc(CN2C[C@H](n3cc(C(=O)OC)nn3)C[C@H]2C(=O)NCc2ccc(OC)cc2)cc1. The average Bonchev–Trinajstić information content (AvgIpc) is 3.56. The number of benzene rings is 2. The van der Waals surface area contributed by atoms with E-state index < -0.39 is 5.97 Å². The first-order valence-corrected chi connectivity index (χ1v) is 11.9. The van der Waals surface area contributed by atoms with Gasteiger partial charge in [-0.1, -0.05) is 29.5 Å². The summed E-state index contributed by atoms with van der Waals surface area (Å²) < 4.78 is 17.1. The molecule has 1 N–H and O–H groups in total. The number of carbonyl (C=O) groups excluding carboxylic acids is 2. The fourth-order valence-corrected chi connectivity index (χ4v) is 4.31. The molecule has 10 nitrogen and oxygen atoms in total. The molecule has 1 aliphatic heterocycles. The molecule has 1 aromatic heterocycles. The highest BCUT2D eigenvalue weighted by Crippen LogP contribution is 2.29. The van der Waals surface area contributed by atoms with Crippen molar-refractivity contribution in [3.8, 4) is 11.5 Å². The standard InChI is InChI=1S/C26H31N5O5/c1-4-36-22-11-7-19(8-12-22)15-30-16-20(31-17-23(28-29-31)26(33)35-3)13-24(30)25(32)27-14-18-5-9-21(34-2)10-6-18/h5-12,17,20,24H,4,13-16H2,1-3H3,(H,27,32)/t20-,24+/m1/s1. The van der Waals surface area contributed by atoms with Crippen molar-refractivity contribution in [1.29, 1.82) is 0 Å². The molecule has 3 aromatic rings. The molecule has 4 rings (SSSR count). The molecule has 2 atom stereocenters. The van der Waals surface area contributed by atoms with Gasteiger partial charge in [-0.25, -0.2) is 9.48 Å². The monoisotopic (exact) mass is 493 g/mol. The Balaban J connectivity index is 1.48. The summed E-state index contributed by atoms with van der Waals surface area (Å²) in [4.78, 5) is 27.3. The summed E-state index contributed by atoms with van der Waals surface area (Å²) in [5, 5.41) is 11.1. The third-order valence-corrected chi connectivity index (χ3v) is 6.21. The zero-order chi connectivity index (χ0) is 25.5. The summed E-state index contributed by atoms with van der Waals surface area (Å²) >= 11 is 0. The molecule has 0 saturated carbocycles. The molecule has 0 aliphatic carbocycles. The van der Waals surface area contributed by atoms with Crippen LogP contribution in [-0.4, -0.2) is 65.2 Å². The molecule has 1 saturated heterocycles. The van der Waals surface area contributed by atoms with Gasteiger partial charge in [0.15, 0.2) is 5.69 Å². The Morgan fingerprint density at radius 3 is 2.39 bits per heavy atom. The van der Waals surface area contributed by atoms with Crippen molar-refractivity contribution in [2.24, 2.45) is 0 Å². The summed E-state index contributed by atoms with van der Waals surface area (Å²) in [7, 11) is 2.92. The second-order valence-electron chi connectivity index (χ2n) is 8.55. The van der Waals surface area contributed by atoms with Crippen LogP contribution in [0.2, 0.25) is 0 Å². The molecule has 10 heteroatoms. The van der Waals surface area contributed by atoms with Crippen LogP contribution in [0.3, 0.4) is 0 Å². The van der Waals surface area contributed by atoms with Gasteiger partial charge >= 0.3 is 5.97 Å². The number of rotatable bonds is 10. The lowest BCUT2D eigenvalue weighted by molar-refractivity contribution is -0.125. The zero-order valence-electron chi connectivity index (χ0n) is 20.7. The number of nitrogens with one attached hydrogen (secondary N) is 1. The van der Waals surface area contributed by atoms with E-state index in [9.17, 15) is 9.59 Å². The minimum atomic E-state index is -0.542. The lowest BCUT2D eigenvalue weighted by Crippen LogP contribution is -2.42. The van der Waals surface area contributed by atoms with E-state index >= 15 is 0 Å². The highest BCUT2D eigenvalue weighted by Gasteiger charge is 2.38. The molecule has 0 bridgehead atoms. The van der Waals surface area contributed by atoms with Gasteiger partial charge in [0.05, 0.1) is 39.1 Å². The van der Waals surface area contributed by atoms with Crippen LogP contribution in [0.4, 0.5) is 0 Å². The summed E-state index contributed by atoms with van der Waals surface area (Å²) in [6.07, 6.45) is 2.11. The molecule has 0 unspecified atom stereocenters. The maximum Gasteiger partial charge on any atom is 0.360 e. The minimum Gasteiger partial charge on any atom is -0.497 e. The normalized spacial score (nSPS) is 17.5. The van der Waals surface area contributed by atoms with Crippen molar-refractivity contribution in [3.63, 3.8) is 0 Å². The molecular formula is C26H31N5O5. The predicted molar refractivity (Wildman–Crippen MR) is 132 cm³/mol. The molecular weight excluding hydrogens is 462 g/mol. The number of hydrogen-bond donors (Lipinski definition) is 1. The second-order valence-corrected chi connectivity index (χ2v) is 8.55. The van der Waals surface area contributed by atoms with Crippen LogP contribution < -0.4 is 14.8 Å². The maximum absolute atomic E-state index is 13.3. The number of hydrogen-bond acceptors (Lipinski definition) is 8. The third kappa shape index (κ3) is 6.01. The lowest BCUT2D eigenvalue weighted by Gasteiger charge is -2.23. The van der Waals surface area contributed by atoms with Crippen LogP contribution in [0.5, 0.6) is 11.5 Å². The van der Waals surface area contributed by atoms with Crippen LogP contribution in [0.15, 0.2) is 54.7 Å². The number of likely N-dealkylation sites (tertiary alicyclic amines) is 1. The van der Waals surface area contributed by atoms with Gasteiger partial charge in [-0.15, -0.1) is 5.10 Å². The highest BCUT2D eigenvalue weighted by molar-refractivity contribution is 5.86. The van der Waals surface area contributed by atoms with Gasteiger partial charge < -0.3 is 19.5 Å². The van der Waals surface area contributed by atoms with Gasteiger partial charge in [-0.2, -0.15) is 0 Å². The van der Waals surface area contributed by atoms with Crippen LogP contribution in [0, 0.1) is 0 Å². The van der Waals surface area contributed by atoms with E-state index in [0.29, 0.717) is 32.7 Å². The molecule has 0 radical (unpaired) electrons. The van der Waals surface area contributed by atoms with Gasteiger partial charge in [-0.3, -0.25) is 9.69 Å². The van der Waals surface area contributed by atoms with E-state index in [2.05, 4.69) is 20.5 Å². The molecule has 1 fully saturated rings. The first-order chi connectivity index (χ1) is 17.5. The number of aromatic nitrogens is 3. The summed E-state index contributed by atoms with van der Waals surface area (Å²) in [6.45, 7) is 4.13. The lowest BCUT2D eigenvalue weighted by atomic mass is 10.1. The topological polar surface area (TPSA) is 108 Å². The van der Waals surface area contributed by atoms with E-state index in [4.69, 9.17) is 14.2 Å². The second kappa shape index (κ2) is 11.7. The fourth-order valence-electron chi connectivity index (χ4n) is 4.31. The first-order valence-electron chi connectivity index (χ1n) is 11.9. The third-order valence-electron chi connectivity index (χ3n) is 6.21. The van der Waals surface area contributed by atoms with E-state index in [-0.39, 0.29) is 23.7 Å². The minimum absolute atomic E-state index is 0.0624. The molecule has 0 spiro atoms. The molecule has 2 heterocycles. The Morgan fingerprint density at radius 1 is 1.03 bits per heavy atom. The largest absolute Gasteiger partial charge is 0.497 e. The number of ether oxygens (including phenoxy) is 3. The molecule has 190 valence electrons. The quantitative estimate of drug-likeness (QED) is 0.430. The Bertz CT molecular complexity index is 1160. The number of amides is 1. The number of esters is 1. The van der Waals surface area contributed by atoms with E-state index in [1.807, 2.05) is 55.5 Å². The summed E-state index contributed by atoms with van der Waals surface area (Å²) in [5.41, 5.74) is 2.19. The van der Waals surface area contributed by atoms with E-state index in [1.54, 1.807) is 18.0 Å². The average molecular weight is 494 g/mol. The van der Waals surface area contributed by atoms with E-state index in [0.717, 1.165) is 22.6 Å². The van der Waals surface area contributed by atoms with Crippen LogP contribution in [-0.2, 0) is 22.6 Å². The number of methoxy groups -OCH3 is 2. The smallest absolute Gasteiger partial charge is 0.360 e. The Labute approximate surface area is 210 Å². The zero-order valence-corrected chi connectivity index (χ0v) is 20.7. The Hall–Kier alpha value is -3.92.